The van der Waals surface area contributed by atoms with Crippen LogP contribution in [-0.2, 0) is 0 Å². The molecule has 0 nitrogen and oxygen atoms in total. The van der Waals surface area contributed by atoms with E-state index in [9.17, 15) is 8.78 Å². The first kappa shape index (κ1) is 13.9. The van der Waals surface area contributed by atoms with Crippen molar-refractivity contribution in [3.05, 3.63) is 0 Å². The highest BCUT2D eigenvalue weighted by Crippen LogP contribution is 2.42. The molecule has 0 N–H and O–H groups in total. The summed E-state index contributed by atoms with van der Waals surface area (Å²) in [5, 5.41) is 0. The zero-order valence-electron chi connectivity index (χ0n) is 10.00. The van der Waals surface area contributed by atoms with Crippen LogP contribution in [0.1, 0.15) is 66.2 Å². The van der Waals surface area contributed by atoms with E-state index in [1.165, 1.54) is 0 Å². The van der Waals surface area contributed by atoms with Crippen molar-refractivity contribution >= 4 is 0 Å². The molecule has 1 fully saturated rings. The summed E-state index contributed by atoms with van der Waals surface area (Å²) in [7, 11) is 0. The molecule has 1 aliphatic carbocycles. The lowest BCUT2D eigenvalue weighted by molar-refractivity contribution is -0.0166. The first-order valence-electron chi connectivity index (χ1n) is 5.85. The maximum atomic E-state index is 12.9. The quantitative estimate of drug-likeness (QED) is 0.528. The van der Waals surface area contributed by atoms with Crippen LogP contribution in [0, 0.1) is 5.41 Å². The van der Waals surface area contributed by atoms with Crippen LogP contribution in [0.25, 0.3) is 0 Å². The molecule has 1 rings (SSSR count). The summed E-state index contributed by atoms with van der Waals surface area (Å²) in [5.74, 6) is -2.38. The van der Waals surface area contributed by atoms with Crippen molar-refractivity contribution < 1.29 is 8.78 Å². The molecule has 1 atom stereocenters. The van der Waals surface area contributed by atoms with E-state index in [0.717, 1.165) is 12.8 Å². The van der Waals surface area contributed by atoms with Gasteiger partial charge in [-0.1, -0.05) is 34.1 Å². The highest BCUT2D eigenvalue weighted by molar-refractivity contribution is 4.81. The number of rotatable bonds is 1. The standard InChI is InChI=1S/C10H18F2.C2H6/c1-3-9(2)5-4-6-10(11,12)8-7-9;1-2/h3-8H2,1-2H3;1-2H3. The summed E-state index contributed by atoms with van der Waals surface area (Å²) >= 11 is 0. The Hall–Kier alpha value is -0.140. The van der Waals surface area contributed by atoms with Crippen LogP contribution in [0.3, 0.4) is 0 Å². The molecule has 0 saturated heterocycles. The van der Waals surface area contributed by atoms with E-state index in [4.69, 9.17) is 0 Å². The normalized spacial score (nSPS) is 31.3. The van der Waals surface area contributed by atoms with Crippen LogP contribution < -0.4 is 0 Å². The minimum absolute atomic E-state index is 0.0946. The van der Waals surface area contributed by atoms with Crippen molar-refractivity contribution in [3.8, 4) is 0 Å². The Labute approximate surface area is 87.1 Å². The van der Waals surface area contributed by atoms with Gasteiger partial charge in [0, 0.05) is 12.8 Å². The molecular weight excluding hydrogens is 182 g/mol. The monoisotopic (exact) mass is 206 g/mol. The third-order valence-electron chi connectivity index (χ3n) is 3.27. The van der Waals surface area contributed by atoms with Crippen LogP contribution in [0.2, 0.25) is 0 Å². The van der Waals surface area contributed by atoms with Gasteiger partial charge in [-0.2, -0.15) is 0 Å². The fraction of sp³-hybridized carbons (Fsp3) is 1.00. The lowest BCUT2D eigenvalue weighted by Crippen LogP contribution is -2.17. The molecule has 0 heterocycles. The second kappa shape index (κ2) is 5.67. The Morgan fingerprint density at radius 2 is 1.57 bits per heavy atom. The van der Waals surface area contributed by atoms with E-state index in [0.29, 0.717) is 12.8 Å². The van der Waals surface area contributed by atoms with Gasteiger partial charge in [0.05, 0.1) is 0 Å². The van der Waals surface area contributed by atoms with E-state index in [1.54, 1.807) is 0 Å². The van der Waals surface area contributed by atoms with Gasteiger partial charge in [-0.05, 0) is 24.7 Å². The zero-order chi connectivity index (χ0) is 11.2. The molecule has 1 unspecified atom stereocenters. The molecule has 0 spiro atoms. The van der Waals surface area contributed by atoms with Crippen molar-refractivity contribution in [2.24, 2.45) is 5.41 Å². The maximum Gasteiger partial charge on any atom is 0.248 e. The Kier molecular flexibility index (Phi) is 5.61. The Morgan fingerprint density at radius 1 is 1.00 bits per heavy atom. The number of hydrogen-bond donors (Lipinski definition) is 0. The molecular formula is C12H24F2. The first-order valence-corrected chi connectivity index (χ1v) is 5.85. The second-order valence-electron chi connectivity index (χ2n) is 4.37. The predicted octanol–water partition coefficient (Wildman–Crippen LogP) is 5.03. The third kappa shape index (κ3) is 4.39. The van der Waals surface area contributed by atoms with Gasteiger partial charge in [-0.15, -0.1) is 0 Å². The van der Waals surface area contributed by atoms with Gasteiger partial charge in [-0.25, -0.2) is 8.78 Å². The average molecular weight is 206 g/mol. The van der Waals surface area contributed by atoms with E-state index < -0.39 is 5.92 Å². The van der Waals surface area contributed by atoms with Gasteiger partial charge in [0.1, 0.15) is 0 Å². The lowest BCUT2D eigenvalue weighted by Gasteiger charge is -2.26. The molecule has 1 saturated carbocycles. The number of hydrogen-bond acceptors (Lipinski definition) is 0. The SMILES string of the molecule is CC.CCC1(C)CCCC(F)(F)CC1. The summed E-state index contributed by atoms with van der Waals surface area (Å²) in [4.78, 5) is 0. The molecule has 86 valence electrons. The van der Waals surface area contributed by atoms with Crippen molar-refractivity contribution in [3.63, 3.8) is 0 Å². The highest BCUT2D eigenvalue weighted by Gasteiger charge is 2.36. The summed E-state index contributed by atoms with van der Waals surface area (Å²) in [5.41, 5.74) is 0.180. The van der Waals surface area contributed by atoms with Crippen LogP contribution in [-0.4, -0.2) is 5.92 Å². The molecule has 1 aliphatic rings. The van der Waals surface area contributed by atoms with E-state index in [-0.39, 0.29) is 18.3 Å². The molecule has 0 aromatic rings. The van der Waals surface area contributed by atoms with Crippen molar-refractivity contribution in [1.82, 2.24) is 0 Å². The molecule has 0 bridgehead atoms. The van der Waals surface area contributed by atoms with Gasteiger partial charge in [0.15, 0.2) is 0 Å². The van der Waals surface area contributed by atoms with Gasteiger partial charge in [0.25, 0.3) is 0 Å². The fourth-order valence-electron chi connectivity index (χ4n) is 1.86. The Bertz CT molecular complexity index is 154. The van der Waals surface area contributed by atoms with Gasteiger partial charge in [-0.3, -0.25) is 0 Å². The molecule has 0 aromatic carbocycles. The Morgan fingerprint density at radius 3 is 2.07 bits per heavy atom. The van der Waals surface area contributed by atoms with Crippen molar-refractivity contribution in [2.45, 2.75) is 72.1 Å². The van der Waals surface area contributed by atoms with Gasteiger partial charge in [0.2, 0.25) is 5.92 Å². The minimum atomic E-state index is -2.38. The zero-order valence-corrected chi connectivity index (χ0v) is 10.00. The lowest BCUT2D eigenvalue weighted by atomic mass is 9.80. The van der Waals surface area contributed by atoms with Crippen LogP contribution in [0.15, 0.2) is 0 Å². The summed E-state index contributed by atoms with van der Waals surface area (Å²) < 4.78 is 25.9. The molecule has 0 aromatic heterocycles. The summed E-state index contributed by atoms with van der Waals surface area (Å²) in [6, 6.07) is 0. The predicted molar refractivity (Wildman–Crippen MR) is 57.8 cm³/mol. The van der Waals surface area contributed by atoms with Crippen LogP contribution in [0.4, 0.5) is 8.78 Å². The Balaban J connectivity index is 0.000000791. The summed E-state index contributed by atoms with van der Waals surface area (Å²) in [6.45, 7) is 8.23. The molecule has 0 amide bonds. The topological polar surface area (TPSA) is 0 Å². The van der Waals surface area contributed by atoms with Crippen LogP contribution in [0.5, 0.6) is 0 Å². The number of halogens is 2. The van der Waals surface area contributed by atoms with Crippen molar-refractivity contribution in [1.29, 1.82) is 0 Å². The third-order valence-corrected chi connectivity index (χ3v) is 3.27. The van der Waals surface area contributed by atoms with E-state index >= 15 is 0 Å². The molecule has 2 heteroatoms. The molecule has 14 heavy (non-hydrogen) atoms. The fourth-order valence-corrected chi connectivity index (χ4v) is 1.86. The maximum absolute atomic E-state index is 12.9. The number of alkyl halides is 2. The van der Waals surface area contributed by atoms with Crippen molar-refractivity contribution in [2.75, 3.05) is 0 Å². The van der Waals surface area contributed by atoms with Crippen LogP contribution >= 0.6 is 0 Å². The largest absolute Gasteiger partial charge is 0.248 e. The summed E-state index contributed by atoms with van der Waals surface area (Å²) in [6.07, 6.45) is 3.58. The second-order valence-corrected chi connectivity index (χ2v) is 4.37. The van der Waals surface area contributed by atoms with E-state index in [2.05, 4.69) is 13.8 Å². The molecule has 0 radical (unpaired) electrons. The molecule has 0 aliphatic heterocycles. The first-order chi connectivity index (χ1) is 6.47. The smallest absolute Gasteiger partial charge is 0.207 e. The van der Waals surface area contributed by atoms with Gasteiger partial charge < -0.3 is 0 Å². The average Bonchev–Trinajstić information content (AvgIpc) is 2.30. The van der Waals surface area contributed by atoms with E-state index in [1.807, 2.05) is 13.8 Å². The minimum Gasteiger partial charge on any atom is -0.207 e. The highest BCUT2D eigenvalue weighted by atomic mass is 19.3. The van der Waals surface area contributed by atoms with Gasteiger partial charge >= 0.3 is 0 Å².